The van der Waals surface area contributed by atoms with Gasteiger partial charge in [0.05, 0.1) is 5.69 Å². The lowest BCUT2D eigenvalue weighted by atomic mass is 9.92. The van der Waals surface area contributed by atoms with E-state index in [0.29, 0.717) is 41.3 Å². The van der Waals surface area contributed by atoms with Gasteiger partial charge in [-0.1, -0.05) is 42.5 Å². The number of halogens is 1. The average molecular weight is 455 g/mol. The summed E-state index contributed by atoms with van der Waals surface area (Å²) in [6.07, 6.45) is 1.52. The van der Waals surface area contributed by atoms with Crippen LogP contribution in [0.5, 0.6) is 0 Å². The Kier molecular flexibility index (Phi) is 5.53. The molecule has 7 nitrogen and oxygen atoms in total. The molecule has 8 heteroatoms. The van der Waals surface area contributed by atoms with Crippen LogP contribution in [-0.4, -0.2) is 21.2 Å². The smallest absolute Gasteiger partial charge is 0.248 e. The minimum Gasteiger partial charge on any atom is -0.366 e. The predicted molar refractivity (Wildman–Crippen MR) is 126 cm³/mol. The van der Waals surface area contributed by atoms with Crippen molar-refractivity contribution in [2.45, 2.75) is 19.1 Å². The molecule has 0 spiro atoms. The zero-order chi connectivity index (χ0) is 23.8. The van der Waals surface area contributed by atoms with Crippen molar-refractivity contribution in [1.82, 2.24) is 14.9 Å². The molecule has 0 radical (unpaired) electrons. The molecule has 0 saturated carbocycles. The molecule has 5 N–H and O–H groups in total. The molecule has 0 fully saturated rings. The molecule has 0 bridgehead atoms. The van der Waals surface area contributed by atoms with Crippen molar-refractivity contribution in [3.8, 4) is 16.8 Å². The molecule has 2 heterocycles. The third-order valence-electron chi connectivity index (χ3n) is 6.08. The quantitative estimate of drug-likeness (QED) is 0.427. The second kappa shape index (κ2) is 8.66. The van der Waals surface area contributed by atoms with Crippen molar-refractivity contribution < 1.29 is 14.0 Å². The van der Waals surface area contributed by atoms with Crippen LogP contribution < -0.4 is 16.8 Å². The molecule has 34 heavy (non-hydrogen) atoms. The van der Waals surface area contributed by atoms with Gasteiger partial charge in [0.25, 0.3) is 0 Å². The number of amides is 1. The molecular formula is C26H22FN5O2. The number of ketones is 1. The number of hydrogen-bond acceptors (Lipinski definition) is 5. The second-order valence-corrected chi connectivity index (χ2v) is 8.10. The van der Waals surface area contributed by atoms with Crippen molar-refractivity contribution in [1.29, 1.82) is 0 Å². The number of carbonyl (C=O) groups excluding carboxylic acids is 2. The number of hydrogen-bond donors (Lipinski definition) is 3. The van der Waals surface area contributed by atoms with Crippen molar-refractivity contribution in [2.75, 3.05) is 0 Å². The normalized spacial score (nSPS) is 15.2. The molecule has 1 aromatic heterocycles. The molecule has 5 rings (SSSR count). The molecule has 1 amide bonds. The number of primary amides is 1. The summed E-state index contributed by atoms with van der Waals surface area (Å²) in [7, 11) is 0. The van der Waals surface area contributed by atoms with Gasteiger partial charge in [0.2, 0.25) is 11.7 Å². The van der Waals surface area contributed by atoms with E-state index in [-0.39, 0.29) is 11.3 Å². The summed E-state index contributed by atoms with van der Waals surface area (Å²) in [6, 6.07) is 18.2. The molecule has 1 atom stereocenters. The highest BCUT2D eigenvalue weighted by Gasteiger charge is 2.34. The van der Waals surface area contributed by atoms with Crippen LogP contribution in [0.15, 0.2) is 73.1 Å². The van der Waals surface area contributed by atoms with E-state index in [4.69, 9.17) is 11.5 Å². The Bertz CT molecular complexity index is 1430. The fourth-order valence-electron chi connectivity index (χ4n) is 4.37. The topological polar surface area (TPSA) is 116 Å². The lowest BCUT2D eigenvalue weighted by Gasteiger charge is -2.24. The molecule has 1 unspecified atom stereocenters. The van der Waals surface area contributed by atoms with Gasteiger partial charge in [-0.15, -0.1) is 0 Å². The number of nitrogens with zero attached hydrogens (tertiary/aromatic N) is 2. The summed E-state index contributed by atoms with van der Waals surface area (Å²) in [6.45, 7) is 0.636. The van der Waals surface area contributed by atoms with Crippen LogP contribution in [-0.2, 0) is 13.1 Å². The van der Waals surface area contributed by atoms with Crippen LogP contribution in [0.25, 0.3) is 16.8 Å². The molecule has 0 aliphatic carbocycles. The van der Waals surface area contributed by atoms with Gasteiger partial charge in [-0.25, -0.2) is 9.37 Å². The minimum absolute atomic E-state index is 0.253. The predicted octanol–water partition coefficient (Wildman–Crippen LogP) is 3.26. The molecule has 0 saturated heterocycles. The first-order valence-electron chi connectivity index (χ1n) is 10.8. The monoisotopic (exact) mass is 455 g/mol. The first-order chi connectivity index (χ1) is 16.5. The number of nitrogens with two attached hydrogens (primary N) is 2. The zero-order valence-corrected chi connectivity index (χ0v) is 18.2. The number of aromatic nitrogens is 2. The maximum Gasteiger partial charge on any atom is 0.248 e. The fourth-order valence-corrected chi connectivity index (χ4v) is 4.37. The number of carbonyl (C=O) groups is 2. The highest BCUT2D eigenvalue weighted by atomic mass is 19.1. The summed E-state index contributed by atoms with van der Waals surface area (Å²) in [5.41, 5.74) is 15.7. The van der Waals surface area contributed by atoms with E-state index in [1.54, 1.807) is 41.0 Å². The molecule has 170 valence electrons. The first-order valence-corrected chi connectivity index (χ1v) is 10.8. The molecule has 1 aliphatic heterocycles. The Morgan fingerprint density at radius 2 is 1.94 bits per heavy atom. The maximum absolute atomic E-state index is 15.3. The number of benzene rings is 3. The zero-order valence-electron chi connectivity index (χ0n) is 18.2. The van der Waals surface area contributed by atoms with E-state index < -0.39 is 17.8 Å². The van der Waals surface area contributed by atoms with Gasteiger partial charge < -0.3 is 11.5 Å². The van der Waals surface area contributed by atoms with Crippen LogP contribution in [0.1, 0.15) is 43.7 Å². The Hall–Kier alpha value is -4.14. The van der Waals surface area contributed by atoms with E-state index in [2.05, 4.69) is 10.3 Å². The highest BCUT2D eigenvalue weighted by Crippen LogP contribution is 2.32. The van der Waals surface area contributed by atoms with E-state index in [1.807, 2.05) is 24.3 Å². The van der Waals surface area contributed by atoms with Gasteiger partial charge in [0.1, 0.15) is 23.9 Å². The molecule has 1 aliphatic rings. The van der Waals surface area contributed by atoms with Gasteiger partial charge in [-0.3, -0.25) is 19.5 Å². The van der Waals surface area contributed by atoms with Gasteiger partial charge in [-0.05, 0) is 41.0 Å². The SMILES string of the molecule is NCc1ccccc1-c1ccc(C2NCc3ncn(-c4cccc(C(N)=O)c4)c3C2=O)c(F)c1. The Morgan fingerprint density at radius 1 is 1.12 bits per heavy atom. The van der Waals surface area contributed by atoms with Crippen LogP contribution >= 0.6 is 0 Å². The van der Waals surface area contributed by atoms with Crippen molar-refractivity contribution in [3.05, 3.63) is 107 Å². The largest absolute Gasteiger partial charge is 0.366 e. The molecule has 4 aromatic rings. The Morgan fingerprint density at radius 3 is 2.71 bits per heavy atom. The van der Waals surface area contributed by atoms with Crippen molar-refractivity contribution in [2.24, 2.45) is 11.5 Å². The maximum atomic E-state index is 15.3. The Labute approximate surface area is 195 Å². The van der Waals surface area contributed by atoms with E-state index in [1.165, 1.54) is 12.4 Å². The van der Waals surface area contributed by atoms with Crippen LogP contribution in [0.3, 0.4) is 0 Å². The number of fused-ring (bicyclic) bond motifs is 1. The summed E-state index contributed by atoms with van der Waals surface area (Å²) in [5, 5.41) is 3.10. The first kappa shape index (κ1) is 21.7. The molecule has 3 aromatic carbocycles. The average Bonchev–Trinajstić information content (AvgIpc) is 3.30. The summed E-state index contributed by atoms with van der Waals surface area (Å²) in [5.74, 6) is -1.36. The van der Waals surface area contributed by atoms with Crippen LogP contribution in [0.2, 0.25) is 0 Å². The number of rotatable bonds is 5. The van der Waals surface area contributed by atoms with Gasteiger partial charge in [0.15, 0.2) is 0 Å². The summed E-state index contributed by atoms with van der Waals surface area (Å²) >= 11 is 0. The molecular weight excluding hydrogens is 433 g/mol. The van der Waals surface area contributed by atoms with E-state index in [9.17, 15) is 9.59 Å². The Balaban J connectivity index is 1.51. The van der Waals surface area contributed by atoms with Crippen LogP contribution in [0.4, 0.5) is 4.39 Å². The lowest BCUT2D eigenvalue weighted by molar-refractivity contribution is 0.0919. The van der Waals surface area contributed by atoms with E-state index in [0.717, 1.165) is 11.1 Å². The van der Waals surface area contributed by atoms with Gasteiger partial charge >= 0.3 is 0 Å². The number of imidazole rings is 1. The van der Waals surface area contributed by atoms with Gasteiger partial charge in [0, 0.05) is 29.9 Å². The van der Waals surface area contributed by atoms with Gasteiger partial charge in [-0.2, -0.15) is 0 Å². The minimum atomic E-state index is -0.874. The third kappa shape index (κ3) is 3.68. The van der Waals surface area contributed by atoms with Crippen molar-refractivity contribution in [3.63, 3.8) is 0 Å². The number of Topliss-reactive ketones (excluding diaryl/α,β-unsaturated/α-hetero) is 1. The number of nitrogens with one attached hydrogen (secondary N) is 1. The second-order valence-electron chi connectivity index (χ2n) is 8.10. The highest BCUT2D eigenvalue weighted by molar-refractivity contribution is 6.02. The van der Waals surface area contributed by atoms with E-state index >= 15 is 4.39 Å². The lowest BCUT2D eigenvalue weighted by Crippen LogP contribution is -2.36. The summed E-state index contributed by atoms with van der Waals surface area (Å²) < 4.78 is 16.9. The third-order valence-corrected chi connectivity index (χ3v) is 6.08. The van der Waals surface area contributed by atoms with Crippen LogP contribution in [0, 0.1) is 5.82 Å². The van der Waals surface area contributed by atoms with Crippen molar-refractivity contribution >= 4 is 11.7 Å². The summed E-state index contributed by atoms with van der Waals surface area (Å²) in [4.78, 5) is 29.4. The standard InChI is InChI=1S/C26H22FN5O2/c27-21-11-15(19-7-2-1-4-17(19)12-28)8-9-20(21)23-25(33)24-22(13-30-23)31-14-32(24)18-6-3-5-16(10-18)26(29)34/h1-11,14,23,30H,12-13,28H2,(H2,29,34). The fraction of sp³-hybridized carbons (Fsp3) is 0.115.